The summed E-state index contributed by atoms with van der Waals surface area (Å²) in [7, 11) is 0. The average molecular weight is 281 g/mol. The predicted octanol–water partition coefficient (Wildman–Crippen LogP) is 2.25. The van der Waals surface area contributed by atoms with Crippen LogP contribution in [0.3, 0.4) is 0 Å². The Hall–Kier alpha value is -0.940. The van der Waals surface area contributed by atoms with Crippen molar-refractivity contribution < 1.29 is 4.79 Å². The highest BCUT2D eigenvalue weighted by molar-refractivity contribution is 7.11. The lowest BCUT2D eigenvalue weighted by Crippen LogP contribution is -2.46. The van der Waals surface area contributed by atoms with Crippen LogP contribution in [-0.4, -0.2) is 34.9 Å². The second kappa shape index (κ2) is 6.48. The van der Waals surface area contributed by atoms with Crippen molar-refractivity contribution in [2.45, 2.75) is 52.6 Å². The monoisotopic (exact) mass is 281 g/mol. The molecule has 0 spiro atoms. The molecule has 1 N–H and O–H groups in total. The number of aromatic nitrogens is 1. The number of likely N-dealkylation sites (tertiary alicyclic amines) is 1. The van der Waals surface area contributed by atoms with E-state index in [1.807, 2.05) is 18.7 Å². The van der Waals surface area contributed by atoms with Crippen LogP contribution >= 0.6 is 11.3 Å². The lowest BCUT2D eigenvalue weighted by molar-refractivity contribution is -0.133. The molecule has 0 saturated carbocycles. The Balaban J connectivity index is 1.83. The number of amides is 1. The zero-order chi connectivity index (χ0) is 13.8. The molecular formula is C14H23N3OS. The van der Waals surface area contributed by atoms with Crippen molar-refractivity contribution in [2.75, 3.05) is 13.1 Å². The van der Waals surface area contributed by atoms with Crippen LogP contribution in [-0.2, 0) is 11.3 Å². The first kappa shape index (κ1) is 14.5. The first-order chi connectivity index (χ1) is 9.08. The van der Waals surface area contributed by atoms with Gasteiger partial charge in [0.25, 0.3) is 0 Å². The number of nitrogens with one attached hydrogen (secondary N) is 1. The van der Waals surface area contributed by atoms with Crippen LogP contribution in [0.2, 0.25) is 0 Å². The van der Waals surface area contributed by atoms with Crippen LogP contribution < -0.4 is 5.32 Å². The molecule has 1 aromatic rings. The van der Waals surface area contributed by atoms with E-state index in [1.165, 1.54) is 11.3 Å². The fraction of sp³-hybridized carbons (Fsp3) is 0.714. The van der Waals surface area contributed by atoms with Crippen molar-refractivity contribution in [3.8, 4) is 0 Å². The standard InChI is InChI=1S/C14H23N3OS/c1-10-12(3)19-13(16-10)9-15-11(2)14(18)17-7-5-4-6-8-17/h11,15H,4-9H2,1-3H3. The summed E-state index contributed by atoms with van der Waals surface area (Å²) in [5.41, 5.74) is 1.09. The number of nitrogens with zero attached hydrogens (tertiary/aromatic N) is 2. The van der Waals surface area contributed by atoms with E-state index in [0.29, 0.717) is 6.54 Å². The topological polar surface area (TPSA) is 45.2 Å². The third-order valence-corrected chi connectivity index (χ3v) is 4.74. The molecule has 1 saturated heterocycles. The highest BCUT2D eigenvalue weighted by Crippen LogP contribution is 2.16. The molecule has 0 radical (unpaired) electrons. The van der Waals surface area contributed by atoms with Gasteiger partial charge in [-0.15, -0.1) is 11.3 Å². The van der Waals surface area contributed by atoms with Gasteiger partial charge in [0.05, 0.1) is 11.7 Å². The molecule has 2 rings (SSSR count). The second-order valence-electron chi connectivity index (χ2n) is 5.24. The predicted molar refractivity (Wildman–Crippen MR) is 78.3 cm³/mol. The Bertz CT molecular complexity index is 418. The van der Waals surface area contributed by atoms with Gasteiger partial charge in [-0.2, -0.15) is 0 Å². The second-order valence-corrected chi connectivity index (χ2v) is 6.53. The first-order valence-corrected chi connectivity index (χ1v) is 7.84. The fourth-order valence-electron chi connectivity index (χ4n) is 2.33. The average Bonchev–Trinajstić information content (AvgIpc) is 2.75. The van der Waals surface area contributed by atoms with Gasteiger partial charge in [-0.05, 0) is 40.0 Å². The first-order valence-electron chi connectivity index (χ1n) is 7.03. The fourth-order valence-corrected chi connectivity index (χ4v) is 3.22. The molecule has 0 bridgehead atoms. The van der Waals surface area contributed by atoms with Gasteiger partial charge in [-0.25, -0.2) is 4.98 Å². The Morgan fingerprint density at radius 3 is 2.63 bits per heavy atom. The van der Waals surface area contributed by atoms with E-state index in [1.54, 1.807) is 11.3 Å². The summed E-state index contributed by atoms with van der Waals surface area (Å²) in [6.07, 6.45) is 3.54. The highest BCUT2D eigenvalue weighted by atomic mass is 32.1. The van der Waals surface area contributed by atoms with Crippen LogP contribution in [0.1, 0.15) is 41.8 Å². The van der Waals surface area contributed by atoms with Gasteiger partial charge in [0.1, 0.15) is 5.01 Å². The minimum absolute atomic E-state index is 0.123. The molecular weight excluding hydrogens is 258 g/mol. The van der Waals surface area contributed by atoms with Crippen LogP contribution in [0.5, 0.6) is 0 Å². The van der Waals surface area contributed by atoms with Gasteiger partial charge >= 0.3 is 0 Å². The van der Waals surface area contributed by atoms with Gasteiger partial charge in [-0.1, -0.05) is 0 Å². The number of hydrogen-bond acceptors (Lipinski definition) is 4. The van der Waals surface area contributed by atoms with Crippen LogP contribution in [0.15, 0.2) is 0 Å². The van der Waals surface area contributed by atoms with E-state index >= 15 is 0 Å². The van der Waals surface area contributed by atoms with Crippen molar-refractivity contribution in [2.24, 2.45) is 0 Å². The Labute approximate surface area is 119 Å². The molecule has 1 fully saturated rings. The van der Waals surface area contributed by atoms with Gasteiger partial charge in [0.15, 0.2) is 0 Å². The summed E-state index contributed by atoms with van der Waals surface area (Å²) in [6.45, 7) is 8.57. The van der Waals surface area contributed by atoms with Crippen molar-refractivity contribution in [1.29, 1.82) is 0 Å². The third kappa shape index (κ3) is 3.76. The van der Waals surface area contributed by atoms with E-state index in [4.69, 9.17) is 0 Å². The maximum atomic E-state index is 12.2. The molecule has 19 heavy (non-hydrogen) atoms. The minimum atomic E-state index is -0.123. The molecule has 106 valence electrons. The lowest BCUT2D eigenvalue weighted by Gasteiger charge is -2.29. The van der Waals surface area contributed by atoms with E-state index in [9.17, 15) is 4.79 Å². The van der Waals surface area contributed by atoms with Gasteiger partial charge < -0.3 is 4.90 Å². The molecule has 4 nitrogen and oxygen atoms in total. The zero-order valence-corrected chi connectivity index (χ0v) is 12.8. The summed E-state index contributed by atoms with van der Waals surface area (Å²) < 4.78 is 0. The van der Waals surface area contributed by atoms with Crippen molar-refractivity contribution in [3.63, 3.8) is 0 Å². The summed E-state index contributed by atoms with van der Waals surface area (Å²) >= 11 is 1.71. The maximum Gasteiger partial charge on any atom is 0.239 e. The lowest BCUT2D eigenvalue weighted by atomic mass is 10.1. The van der Waals surface area contributed by atoms with E-state index in [2.05, 4.69) is 17.2 Å². The normalized spacial score (nSPS) is 17.5. The van der Waals surface area contributed by atoms with Crippen LogP contribution in [0, 0.1) is 13.8 Å². The van der Waals surface area contributed by atoms with Gasteiger partial charge in [0.2, 0.25) is 5.91 Å². The molecule has 0 aliphatic carbocycles. The number of carbonyl (C=O) groups is 1. The number of aryl methyl sites for hydroxylation is 2. The summed E-state index contributed by atoms with van der Waals surface area (Å²) in [6, 6.07) is -0.123. The zero-order valence-electron chi connectivity index (χ0n) is 12.0. The smallest absolute Gasteiger partial charge is 0.239 e. The number of hydrogen-bond donors (Lipinski definition) is 1. The Kier molecular flexibility index (Phi) is 4.93. The molecule has 1 aliphatic heterocycles. The number of thiazole rings is 1. The van der Waals surface area contributed by atoms with Gasteiger partial charge in [-0.3, -0.25) is 10.1 Å². The van der Waals surface area contributed by atoms with Crippen molar-refractivity contribution in [1.82, 2.24) is 15.2 Å². The molecule has 5 heteroatoms. The van der Waals surface area contributed by atoms with Gasteiger partial charge in [0, 0.05) is 24.5 Å². The van der Waals surface area contributed by atoms with E-state index in [-0.39, 0.29) is 11.9 Å². The van der Waals surface area contributed by atoms with Crippen molar-refractivity contribution >= 4 is 17.2 Å². The largest absolute Gasteiger partial charge is 0.341 e. The minimum Gasteiger partial charge on any atom is -0.341 e. The molecule has 1 amide bonds. The molecule has 1 aromatic heterocycles. The van der Waals surface area contributed by atoms with E-state index < -0.39 is 0 Å². The molecule has 0 aromatic carbocycles. The molecule has 1 atom stereocenters. The molecule has 2 heterocycles. The highest BCUT2D eigenvalue weighted by Gasteiger charge is 2.21. The van der Waals surface area contributed by atoms with Crippen molar-refractivity contribution in [3.05, 3.63) is 15.6 Å². The quantitative estimate of drug-likeness (QED) is 0.920. The summed E-state index contributed by atoms with van der Waals surface area (Å²) in [5.74, 6) is 0.227. The Morgan fingerprint density at radius 1 is 1.37 bits per heavy atom. The maximum absolute atomic E-state index is 12.2. The SMILES string of the molecule is Cc1nc(CNC(C)C(=O)N2CCCCC2)sc1C. The van der Waals surface area contributed by atoms with Crippen LogP contribution in [0.4, 0.5) is 0 Å². The van der Waals surface area contributed by atoms with Crippen LogP contribution in [0.25, 0.3) is 0 Å². The summed E-state index contributed by atoms with van der Waals surface area (Å²) in [5, 5.41) is 4.36. The third-order valence-electron chi connectivity index (χ3n) is 3.67. The Morgan fingerprint density at radius 2 is 2.05 bits per heavy atom. The molecule has 1 aliphatic rings. The number of rotatable bonds is 4. The van der Waals surface area contributed by atoms with E-state index in [0.717, 1.165) is 36.6 Å². The number of carbonyl (C=O) groups excluding carboxylic acids is 1. The number of piperidine rings is 1. The summed E-state index contributed by atoms with van der Waals surface area (Å²) in [4.78, 5) is 20.0. The molecule has 1 unspecified atom stereocenters.